The predicted molar refractivity (Wildman–Crippen MR) is 162 cm³/mol. The number of likely N-dealkylation sites (N-methyl/N-ethyl adjacent to an activating group) is 2. The molecule has 0 unspecified atom stereocenters. The molecule has 216 valence electrons. The summed E-state index contributed by atoms with van der Waals surface area (Å²) in [5, 5.41) is 40.4. The van der Waals surface area contributed by atoms with Crippen LogP contribution in [0.25, 0.3) is 0 Å². The highest BCUT2D eigenvalue weighted by Crippen LogP contribution is 2.40. The van der Waals surface area contributed by atoms with Crippen molar-refractivity contribution in [1.29, 1.82) is 0 Å². The standard InChI is InChI=1S/C34H34N2O6/c1-3-35(17-15-21-19-23(37)9-13-29(21)39)27-11-12-28(36(4-2)18-16-22-20-24(38)10-14-30(22)40)32-31(27)33(41)25-7-5-6-8-26(25)34(32)42/h5-14,19-20,37-40H,3-4,15-18H2,1-2H3. The van der Waals surface area contributed by atoms with Gasteiger partial charge in [-0.05, 0) is 86.3 Å². The molecule has 8 nitrogen and oxygen atoms in total. The zero-order valence-electron chi connectivity index (χ0n) is 23.7. The molecule has 0 aliphatic heterocycles. The Balaban J connectivity index is 1.56. The van der Waals surface area contributed by atoms with Gasteiger partial charge in [0.2, 0.25) is 0 Å². The third kappa shape index (κ3) is 5.35. The van der Waals surface area contributed by atoms with E-state index in [9.17, 15) is 30.0 Å². The van der Waals surface area contributed by atoms with E-state index in [0.717, 1.165) is 0 Å². The second-order valence-electron chi connectivity index (χ2n) is 10.3. The lowest BCUT2D eigenvalue weighted by Crippen LogP contribution is -2.33. The summed E-state index contributed by atoms with van der Waals surface area (Å²) in [6.45, 7) is 5.90. The molecule has 4 N–H and O–H groups in total. The molecule has 1 aliphatic carbocycles. The maximum Gasteiger partial charge on any atom is 0.196 e. The lowest BCUT2D eigenvalue weighted by molar-refractivity contribution is 0.0979. The van der Waals surface area contributed by atoms with Crippen molar-refractivity contribution in [2.75, 3.05) is 36.0 Å². The Kier molecular flexibility index (Phi) is 8.06. The second-order valence-corrected chi connectivity index (χ2v) is 10.3. The van der Waals surface area contributed by atoms with Gasteiger partial charge in [0.1, 0.15) is 23.0 Å². The molecular formula is C34H34N2O6. The van der Waals surface area contributed by atoms with Crippen molar-refractivity contribution < 1.29 is 30.0 Å². The van der Waals surface area contributed by atoms with Crippen LogP contribution < -0.4 is 9.80 Å². The molecule has 42 heavy (non-hydrogen) atoms. The third-order valence-electron chi connectivity index (χ3n) is 7.90. The van der Waals surface area contributed by atoms with Gasteiger partial charge in [0.05, 0.1) is 11.1 Å². The average molecular weight is 567 g/mol. The van der Waals surface area contributed by atoms with E-state index in [-0.39, 0.29) is 34.6 Å². The lowest BCUT2D eigenvalue weighted by atomic mass is 9.81. The number of carbonyl (C=O) groups excluding carboxylic acids is 2. The number of aromatic hydroxyl groups is 4. The van der Waals surface area contributed by atoms with E-state index in [0.29, 0.717) is 83.8 Å². The highest BCUT2D eigenvalue weighted by molar-refractivity contribution is 6.32. The summed E-state index contributed by atoms with van der Waals surface area (Å²) >= 11 is 0. The number of fused-ring (bicyclic) bond motifs is 2. The molecule has 0 amide bonds. The normalized spacial score (nSPS) is 12.1. The summed E-state index contributed by atoms with van der Waals surface area (Å²) in [5.41, 5.74) is 3.84. The molecule has 0 saturated heterocycles. The Morgan fingerprint density at radius 1 is 0.571 bits per heavy atom. The fourth-order valence-electron chi connectivity index (χ4n) is 5.67. The van der Waals surface area contributed by atoms with E-state index < -0.39 is 0 Å². The first-order valence-corrected chi connectivity index (χ1v) is 14.1. The van der Waals surface area contributed by atoms with Crippen molar-refractivity contribution in [3.8, 4) is 23.0 Å². The van der Waals surface area contributed by atoms with Crippen molar-refractivity contribution in [2.45, 2.75) is 26.7 Å². The Morgan fingerprint density at radius 3 is 1.36 bits per heavy atom. The molecule has 4 aromatic rings. The first kappa shape index (κ1) is 28.5. The van der Waals surface area contributed by atoms with Crippen LogP contribution in [0.3, 0.4) is 0 Å². The number of rotatable bonds is 10. The van der Waals surface area contributed by atoms with E-state index in [2.05, 4.69) is 0 Å². The molecule has 5 rings (SSSR count). The van der Waals surface area contributed by atoms with Crippen molar-refractivity contribution >= 4 is 22.9 Å². The molecule has 0 saturated carbocycles. The second kappa shape index (κ2) is 11.9. The molecule has 0 heterocycles. The molecule has 0 spiro atoms. The summed E-state index contributed by atoms with van der Waals surface area (Å²) in [6, 6.07) is 19.4. The minimum Gasteiger partial charge on any atom is -0.508 e. The Labute approximate surface area is 244 Å². The summed E-state index contributed by atoms with van der Waals surface area (Å²) in [7, 11) is 0. The molecular weight excluding hydrogens is 532 g/mol. The van der Waals surface area contributed by atoms with Crippen molar-refractivity contribution in [1.82, 2.24) is 0 Å². The average Bonchev–Trinajstić information content (AvgIpc) is 2.99. The van der Waals surface area contributed by atoms with Gasteiger partial charge in [0, 0.05) is 48.7 Å². The van der Waals surface area contributed by atoms with Crippen LogP contribution in [0.2, 0.25) is 0 Å². The van der Waals surface area contributed by atoms with Crippen molar-refractivity contribution in [3.05, 3.63) is 106 Å². The van der Waals surface area contributed by atoms with Gasteiger partial charge in [0.15, 0.2) is 11.6 Å². The van der Waals surface area contributed by atoms with Crippen molar-refractivity contribution in [3.63, 3.8) is 0 Å². The Bertz CT molecular complexity index is 1540. The number of benzene rings is 4. The fraction of sp³-hybridized carbons (Fsp3) is 0.235. The van der Waals surface area contributed by atoms with Crippen molar-refractivity contribution in [2.24, 2.45) is 0 Å². The minimum absolute atomic E-state index is 0.0589. The van der Waals surface area contributed by atoms with Crippen LogP contribution in [0.1, 0.15) is 56.8 Å². The number of hydrogen-bond acceptors (Lipinski definition) is 8. The van der Waals surface area contributed by atoms with Crippen LogP contribution >= 0.6 is 0 Å². The predicted octanol–water partition coefficient (Wildman–Crippen LogP) is 5.42. The number of ketones is 2. The third-order valence-corrected chi connectivity index (χ3v) is 7.90. The van der Waals surface area contributed by atoms with Gasteiger partial charge in [-0.2, -0.15) is 0 Å². The molecule has 0 aromatic heterocycles. The van der Waals surface area contributed by atoms with Crippen LogP contribution in [-0.2, 0) is 12.8 Å². The molecule has 0 fully saturated rings. The number of phenolic OH excluding ortho intramolecular Hbond substituents is 4. The number of phenols is 4. The van der Waals surface area contributed by atoms with E-state index in [1.165, 1.54) is 36.4 Å². The highest BCUT2D eigenvalue weighted by Gasteiger charge is 2.36. The highest BCUT2D eigenvalue weighted by atomic mass is 16.3. The van der Waals surface area contributed by atoms with Crippen LogP contribution in [0.4, 0.5) is 11.4 Å². The first-order chi connectivity index (χ1) is 20.2. The topological polar surface area (TPSA) is 122 Å². The lowest BCUT2D eigenvalue weighted by Gasteiger charge is -2.33. The van der Waals surface area contributed by atoms with Gasteiger partial charge in [-0.1, -0.05) is 24.3 Å². The zero-order valence-corrected chi connectivity index (χ0v) is 23.7. The van der Waals surface area contributed by atoms with Gasteiger partial charge < -0.3 is 30.2 Å². The van der Waals surface area contributed by atoms with E-state index in [4.69, 9.17) is 0 Å². The number of hydrogen-bond donors (Lipinski definition) is 4. The van der Waals surface area contributed by atoms with Crippen LogP contribution in [0.15, 0.2) is 72.8 Å². The molecule has 8 heteroatoms. The van der Waals surface area contributed by atoms with E-state index in [1.807, 2.05) is 35.8 Å². The van der Waals surface area contributed by atoms with Gasteiger partial charge in [-0.3, -0.25) is 9.59 Å². The van der Waals surface area contributed by atoms with Gasteiger partial charge in [0.25, 0.3) is 0 Å². The number of carbonyl (C=O) groups is 2. The smallest absolute Gasteiger partial charge is 0.196 e. The minimum atomic E-state index is -0.225. The van der Waals surface area contributed by atoms with Gasteiger partial charge in [-0.25, -0.2) is 0 Å². The molecule has 0 bridgehead atoms. The summed E-state index contributed by atoms with van der Waals surface area (Å²) in [5.74, 6) is -0.169. The maximum absolute atomic E-state index is 14.1. The van der Waals surface area contributed by atoms with E-state index >= 15 is 0 Å². The van der Waals surface area contributed by atoms with Crippen LogP contribution in [-0.4, -0.2) is 58.2 Å². The van der Waals surface area contributed by atoms with Crippen LogP contribution in [0, 0.1) is 0 Å². The monoisotopic (exact) mass is 566 g/mol. The number of anilines is 2. The molecule has 0 atom stereocenters. The molecule has 1 aliphatic rings. The summed E-state index contributed by atoms with van der Waals surface area (Å²) < 4.78 is 0. The largest absolute Gasteiger partial charge is 0.508 e. The maximum atomic E-state index is 14.1. The van der Waals surface area contributed by atoms with Crippen LogP contribution in [0.5, 0.6) is 23.0 Å². The number of nitrogens with zero attached hydrogens (tertiary/aromatic N) is 2. The fourth-order valence-corrected chi connectivity index (χ4v) is 5.67. The first-order valence-electron chi connectivity index (χ1n) is 14.1. The Morgan fingerprint density at radius 2 is 0.976 bits per heavy atom. The molecule has 0 radical (unpaired) electrons. The SMILES string of the molecule is CCN(CCc1cc(O)ccc1O)c1ccc(N(CC)CCc2cc(O)ccc2O)c2c1C(=O)c1ccccc1C2=O. The van der Waals surface area contributed by atoms with E-state index in [1.54, 1.807) is 24.3 Å². The molecule has 4 aromatic carbocycles. The zero-order chi connectivity index (χ0) is 30.0. The quantitative estimate of drug-likeness (QED) is 0.165. The summed E-state index contributed by atoms with van der Waals surface area (Å²) in [4.78, 5) is 32.1. The van der Waals surface area contributed by atoms with Gasteiger partial charge >= 0.3 is 0 Å². The Hall–Kier alpha value is -4.98. The summed E-state index contributed by atoms with van der Waals surface area (Å²) in [6.07, 6.45) is 0.829. The van der Waals surface area contributed by atoms with Gasteiger partial charge in [-0.15, -0.1) is 0 Å².